The highest BCUT2D eigenvalue weighted by Crippen LogP contribution is 2.28. The second kappa shape index (κ2) is 8.82. The number of hydrogen-bond acceptors (Lipinski definition) is 6. The zero-order valence-electron chi connectivity index (χ0n) is 17.0. The maximum absolute atomic E-state index is 5.41. The summed E-state index contributed by atoms with van der Waals surface area (Å²) in [5, 5.41) is 6.71. The maximum atomic E-state index is 5.41. The first-order chi connectivity index (χ1) is 14.2. The Balaban J connectivity index is 1.49. The third-order valence-corrected chi connectivity index (χ3v) is 5.07. The van der Waals surface area contributed by atoms with Crippen LogP contribution < -0.4 is 20.3 Å². The van der Waals surface area contributed by atoms with Gasteiger partial charge >= 0.3 is 0 Å². The number of hydrogen-bond donors (Lipinski definition) is 2. The van der Waals surface area contributed by atoms with Gasteiger partial charge in [0.25, 0.3) is 0 Å². The minimum Gasteiger partial charge on any atom is -0.495 e. The number of ether oxygens (including phenoxy) is 1. The summed E-state index contributed by atoms with van der Waals surface area (Å²) in [4.78, 5) is 11.5. The van der Waals surface area contributed by atoms with Gasteiger partial charge in [-0.25, -0.2) is 9.97 Å². The topological polar surface area (TPSA) is 62.3 Å². The number of nitrogens with one attached hydrogen (secondary N) is 2. The van der Waals surface area contributed by atoms with Gasteiger partial charge in [0.05, 0.1) is 12.8 Å². The van der Waals surface area contributed by atoms with E-state index in [-0.39, 0.29) is 0 Å². The van der Waals surface area contributed by atoms with Gasteiger partial charge in [0.2, 0.25) is 0 Å². The first kappa shape index (κ1) is 19.1. The van der Waals surface area contributed by atoms with Crippen LogP contribution in [0, 0.1) is 6.92 Å². The highest BCUT2D eigenvalue weighted by atomic mass is 16.5. The van der Waals surface area contributed by atoms with E-state index in [4.69, 9.17) is 4.74 Å². The molecule has 0 spiro atoms. The maximum Gasteiger partial charge on any atom is 0.142 e. The van der Waals surface area contributed by atoms with Gasteiger partial charge < -0.3 is 20.3 Å². The predicted octanol–water partition coefficient (Wildman–Crippen LogP) is 5.27. The number of para-hydroxylation sites is 2. The van der Waals surface area contributed by atoms with Gasteiger partial charge in [-0.3, -0.25) is 0 Å². The van der Waals surface area contributed by atoms with Crippen LogP contribution in [-0.2, 0) is 0 Å². The van der Waals surface area contributed by atoms with E-state index in [1.807, 2.05) is 37.3 Å². The van der Waals surface area contributed by atoms with Crippen LogP contribution in [0.4, 0.5) is 28.7 Å². The zero-order chi connectivity index (χ0) is 20.1. The summed E-state index contributed by atoms with van der Waals surface area (Å²) >= 11 is 0. The van der Waals surface area contributed by atoms with Crippen LogP contribution in [0.5, 0.6) is 5.75 Å². The second-order valence-corrected chi connectivity index (χ2v) is 7.23. The van der Waals surface area contributed by atoms with Gasteiger partial charge in [-0.15, -0.1) is 0 Å². The molecule has 1 saturated heterocycles. The van der Waals surface area contributed by atoms with Gasteiger partial charge in [0, 0.05) is 30.5 Å². The van der Waals surface area contributed by atoms with Gasteiger partial charge in [0.15, 0.2) is 0 Å². The van der Waals surface area contributed by atoms with E-state index in [0.29, 0.717) is 5.82 Å². The Hall–Kier alpha value is -3.28. The molecule has 150 valence electrons. The molecule has 1 aliphatic rings. The smallest absolute Gasteiger partial charge is 0.142 e. The number of aromatic nitrogens is 2. The summed E-state index contributed by atoms with van der Waals surface area (Å²) < 4.78 is 5.41. The van der Waals surface area contributed by atoms with Crippen LogP contribution in [0.3, 0.4) is 0 Å². The highest BCUT2D eigenvalue weighted by molar-refractivity contribution is 5.67. The number of piperidine rings is 1. The first-order valence-electron chi connectivity index (χ1n) is 10.1. The lowest BCUT2D eigenvalue weighted by molar-refractivity contribution is 0.417. The first-order valence-corrected chi connectivity index (χ1v) is 10.1. The number of methoxy groups -OCH3 is 1. The minimum atomic E-state index is 0.692. The van der Waals surface area contributed by atoms with E-state index in [0.717, 1.165) is 41.8 Å². The van der Waals surface area contributed by atoms with Crippen molar-refractivity contribution in [1.29, 1.82) is 0 Å². The number of aryl methyl sites for hydroxylation is 1. The molecule has 29 heavy (non-hydrogen) atoms. The molecule has 1 aromatic heterocycles. The summed E-state index contributed by atoms with van der Waals surface area (Å²) in [6.07, 6.45) is 3.90. The van der Waals surface area contributed by atoms with Gasteiger partial charge in [-0.1, -0.05) is 12.1 Å². The van der Waals surface area contributed by atoms with Gasteiger partial charge in [0.1, 0.15) is 23.2 Å². The van der Waals surface area contributed by atoms with Crippen LogP contribution in [0.25, 0.3) is 0 Å². The molecule has 3 aromatic rings. The zero-order valence-corrected chi connectivity index (χ0v) is 17.0. The third kappa shape index (κ3) is 4.77. The molecule has 0 atom stereocenters. The van der Waals surface area contributed by atoms with Gasteiger partial charge in [-0.05, 0) is 62.6 Å². The van der Waals surface area contributed by atoms with Crippen LogP contribution >= 0.6 is 0 Å². The Morgan fingerprint density at radius 3 is 2.28 bits per heavy atom. The molecule has 0 unspecified atom stereocenters. The summed E-state index contributed by atoms with van der Waals surface area (Å²) in [6, 6.07) is 18.2. The quantitative estimate of drug-likeness (QED) is 0.599. The molecule has 2 aromatic carbocycles. The van der Waals surface area contributed by atoms with Crippen molar-refractivity contribution < 1.29 is 4.74 Å². The fourth-order valence-corrected chi connectivity index (χ4v) is 3.64. The van der Waals surface area contributed by atoms with Crippen molar-refractivity contribution in [3.8, 4) is 5.75 Å². The molecule has 0 radical (unpaired) electrons. The lowest BCUT2D eigenvalue weighted by atomic mass is 10.1. The van der Waals surface area contributed by atoms with Gasteiger partial charge in [-0.2, -0.15) is 0 Å². The van der Waals surface area contributed by atoms with E-state index in [1.165, 1.54) is 24.9 Å². The summed E-state index contributed by atoms with van der Waals surface area (Å²) in [6.45, 7) is 4.18. The Morgan fingerprint density at radius 1 is 0.862 bits per heavy atom. The van der Waals surface area contributed by atoms with E-state index >= 15 is 0 Å². The van der Waals surface area contributed by atoms with E-state index in [1.54, 1.807) is 7.11 Å². The Labute approximate surface area is 172 Å². The molecule has 6 heteroatoms. The second-order valence-electron chi connectivity index (χ2n) is 7.23. The van der Waals surface area contributed by atoms with E-state index < -0.39 is 0 Å². The number of benzene rings is 2. The third-order valence-electron chi connectivity index (χ3n) is 5.07. The molecule has 1 aliphatic heterocycles. The largest absolute Gasteiger partial charge is 0.495 e. The van der Waals surface area contributed by atoms with Crippen molar-refractivity contribution in [3.63, 3.8) is 0 Å². The van der Waals surface area contributed by atoms with Crippen molar-refractivity contribution in [2.24, 2.45) is 0 Å². The van der Waals surface area contributed by atoms with Crippen molar-refractivity contribution in [1.82, 2.24) is 9.97 Å². The Kier molecular flexibility index (Phi) is 5.79. The average Bonchev–Trinajstić information content (AvgIpc) is 2.75. The minimum absolute atomic E-state index is 0.692. The van der Waals surface area contributed by atoms with Crippen molar-refractivity contribution in [3.05, 3.63) is 60.4 Å². The molecule has 2 heterocycles. The number of nitrogens with zero attached hydrogens (tertiary/aromatic N) is 3. The van der Waals surface area contributed by atoms with Crippen LogP contribution in [0.15, 0.2) is 54.6 Å². The fraction of sp³-hybridized carbons (Fsp3) is 0.304. The monoisotopic (exact) mass is 389 g/mol. The number of anilines is 5. The fourth-order valence-electron chi connectivity index (χ4n) is 3.64. The summed E-state index contributed by atoms with van der Waals surface area (Å²) in [5.74, 6) is 2.93. The van der Waals surface area contributed by atoms with Crippen LogP contribution in [0.1, 0.15) is 25.1 Å². The summed E-state index contributed by atoms with van der Waals surface area (Å²) in [5.41, 5.74) is 3.16. The molecule has 1 fully saturated rings. The van der Waals surface area contributed by atoms with Crippen LogP contribution in [-0.4, -0.2) is 30.2 Å². The highest BCUT2D eigenvalue weighted by Gasteiger charge is 2.11. The molecule has 2 N–H and O–H groups in total. The normalized spacial score (nSPS) is 13.8. The average molecular weight is 390 g/mol. The van der Waals surface area contributed by atoms with Crippen molar-refractivity contribution in [2.45, 2.75) is 26.2 Å². The predicted molar refractivity (Wildman–Crippen MR) is 119 cm³/mol. The number of rotatable bonds is 6. The van der Waals surface area contributed by atoms with E-state index in [2.05, 4.69) is 49.8 Å². The van der Waals surface area contributed by atoms with Crippen molar-refractivity contribution in [2.75, 3.05) is 35.7 Å². The van der Waals surface area contributed by atoms with Crippen LogP contribution in [0.2, 0.25) is 0 Å². The Morgan fingerprint density at radius 2 is 1.55 bits per heavy atom. The lowest BCUT2D eigenvalue weighted by Gasteiger charge is -2.28. The van der Waals surface area contributed by atoms with E-state index in [9.17, 15) is 0 Å². The molecule has 6 nitrogen and oxygen atoms in total. The molecular formula is C23H27N5O. The summed E-state index contributed by atoms with van der Waals surface area (Å²) in [7, 11) is 1.66. The molecule has 0 amide bonds. The molecule has 0 aliphatic carbocycles. The molecule has 0 bridgehead atoms. The molecule has 4 rings (SSSR count). The standard InChI is InChI=1S/C23H27N5O/c1-17-24-22(16-23(25-17)27-20-8-4-5-9-21(20)29-2)26-18-10-12-19(13-11-18)28-14-6-3-7-15-28/h4-5,8-13,16H,3,6-7,14-15H2,1-2H3,(H2,24,25,26,27). The molecular weight excluding hydrogens is 362 g/mol. The SMILES string of the molecule is COc1ccccc1Nc1cc(Nc2ccc(N3CCCCC3)cc2)nc(C)n1. The lowest BCUT2D eigenvalue weighted by Crippen LogP contribution is -2.29. The van der Waals surface area contributed by atoms with Crippen molar-refractivity contribution >= 4 is 28.7 Å². The molecule has 0 saturated carbocycles. The Bertz CT molecular complexity index is 952.